The summed E-state index contributed by atoms with van der Waals surface area (Å²) in [6.07, 6.45) is 2.60. The third-order valence-corrected chi connectivity index (χ3v) is 4.30. The molecule has 1 aromatic carbocycles. The van der Waals surface area contributed by atoms with Crippen molar-refractivity contribution in [2.75, 3.05) is 14.2 Å². The Morgan fingerprint density at radius 2 is 2.00 bits per heavy atom. The lowest BCUT2D eigenvalue weighted by molar-refractivity contribution is 0.0931. The molecule has 0 aliphatic rings. The van der Waals surface area contributed by atoms with Crippen molar-refractivity contribution in [1.82, 2.24) is 10.3 Å². The minimum atomic E-state index is -0.146. The van der Waals surface area contributed by atoms with Gasteiger partial charge in [0.2, 0.25) is 0 Å². The van der Waals surface area contributed by atoms with Crippen molar-refractivity contribution < 1.29 is 14.3 Å². The summed E-state index contributed by atoms with van der Waals surface area (Å²) in [5, 5.41) is 5.91. The SMILES string of the molecule is COc1ccc(C(=O)NC(CC(C)C)c2nccs2)cc1OC. The molecule has 0 aliphatic heterocycles. The van der Waals surface area contributed by atoms with E-state index < -0.39 is 0 Å². The van der Waals surface area contributed by atoms with Crippen LogP contribution in [0, 0.1) is 5.92 Å². The molecular formula is C17H22N2O3S. The minimum absolute atomic E-state index is 0.0874. The highest BCUT2D eigenvalue weighted by atomic mass is 32.1. The van der Waals surface area contributed by atoms with Gasteiger partial charge in [0.05, 0.1) is 20.3 Å². The van der Waals surface area contributed by atoms with Gasteiger partial charge in [-0.05, 0) is 30.5 Å². The molecule has 0 radical (unpaired) electrons. The number of nitrogens with one attached hydrogen (secondary N) is 1. The highest BCUT2D eigenvalue weighted by Gasteiger charge is 2.20. The molecule has 0 bridgehead atoms. The molecule has 5 nitrogen and oxygen atoms in total. The largest absolute Gasteiger partial charge is 0.493 e. The van der Waals surface area contributed by atoms with Crippen LogP contribution in [0.3, 0.4) is 0 Å². The van der Waals surface area contributed by atoms with Crippen molar-refractivity contribution in [3.63, 3.8) is 0 Å². The van der Waals surface area contributed by atoms with Gasteiger partial charge in [0.15, 0.2) is 11.5 Å². The van der Waals surface area contributed by atoms with Crippen molar-refractivity contribution in [1.29, 1.82) is 0 Å². The number of carbonyl (C=O) groups excluding carboxylic acids is 1. The number of benzene rings is 1. The van der Waals surface area contributed by atoms with E-state index in [1.807, 2.05) is 5.38 Å². The number of hydrogen-bond acceptors (Lipinski definition) is 5. The number of thiazole rings is 1. The summed E-state index contributed by atoms with van der Waals surface area (Å²) in [7, 11) is 3.12. The minimum Gasteiger partial charge on any atom is -0.493 e. The summed E-state index contributed by atoms with van der Waals surface area (Å²) in [6.45, 7) is 4.26. The number of hydrogen-bond donors (Lipinski definition) is 1. The molecule has 2 rings (SSSR count). The van der Waals surface area contributed by atoms with Gasteiger partial charge in [0.1, 0.15) is 5.01 Å². The average molecular weight is 334 g/mol. The normalized spacial score (nSPS) is 12.0. The number of aromatic nitrogens is 1. The van der Waals surface area contributed by atoms with Gasteiger partial charge in [0.25, 0.3) is 5.91 Å². The highest BCUT2D eigenvalue weighted by Crippen LogP contribution is 2.28. The third kappa shape index (κ3) is 4.45. The van der Waals surface area contributed by atoms with E-state index in [4.69, 9.17) is 9.47 Å². The molecule has 0 aliphatic carbocycles. The maximum Gasteiger partial charge on any atom is 0.251 e. The molecule has 1 unspecified atom stereocenters. The molecule has 1 N–H and O–H groups in total. The Balaban J connectivity index is 2.18. The predicted octanol–water partition coefficient (Wildman–Crippen LogP) is 3.68. The van der Waals surface area contributed by atoms with E-state index in [0.29, 0.717) is 23.0 Å². The predicted molar refractivity (Wildman–Crippen MR) is 91.3 cm³/mol. The monoisotopic (exact) mass is 334 g/mol. The zero-order valence-corrected chi connectivity index (χ0v) is 14.6. The van der Waals surface area contributed by atoms with Crippen molar-refractivity contribution in [2.45, 2.75) is 26.3 Å². The van der Waals surface area contributed by atoms with Crippen LogP contribution in [0.15, 0.2) is 29.8 Å². The number of methoxy groups -OCH3 is 2. The second-order valence-electron chi connectivity index (χ2n) is 5.60. The molecule has 23 heavy (non-hydrogen) atoms. The second-order valence-corrected chi connectivity index (χ2v) is 6.52. The number of carbonyl (C=O) groups is 1. The Labute approximate surface area is 140 Å². The van der Waals surface area contributed by atoms with Crippen LogP contribution in [-0.2, 0) is 0 Å². The molecule has 1 atom stereocenters. The van der Waals surface area contributed by atoms with Gasteiger partial charge < -0.3 is 14.8 Å². The van der Waals surface area contributed by atoms with E-state index in [-0.39, 0.29) is 11.9 Å². The van der Waals surface area contributed by atoms with Crippen molar-refractivity contribution >= 4 is 17.2 Å². The molecule has 0 saturated carbocycles. The number of amides is 1. The smallest absolute Gasteiger partial charge is 0.251 e. The first-order valence-corrected chi connectivity index (χ1v) is 8.35. The molecule has 1 heterocycles. The first-order chi connectivity index (χ1) is 11.0. The van der Waals surface area contributed by atoms with Crippen LogP contribution < -0.4 is 14.8 Å². The Hall–Kier alpha value is -2.08. The summed E-state index contributed by atoms with van der Waals surface area (Å²) >= 11 is 1.55. The van der Waals surface area contributed by atoms with Gasteiger partial charge in [-0.2, -0.15) is 0 Å². The fourth-order valence-corrected chi connectivity index (χ4v) is 3.02. The Morgan fingerprint density at radius 1 is 1.26 bits per heavy atom. The van der Waals surface area contributed by atoms with Gasteiger partial charge in [-0.25, -0.2) is 4.98 Å². The second kappa shape index (κ2) is 7.97. The summed E-state index contributed by atoms with van der Waals surface area (Å²) in [5.41, 5.74) is 0.535. The third-order valence-electron chi connectivity index (χ3n) is 3.41. The van der Waals surface area contributed by atoms with Crippen LogP contribution in [0.2, 0.25) is 0 Å². The van der Waals surface area contributed by atoms with Gasteiger partial charge in [-0.3, -0.25) is 4.79 Å². The maximum absolute atomic E-state index is 12.6. The van der Waals surface area contributed by atoms with Crippen LogP contribution in [0.1, 0.15) is 41.7 Å². The van der Waals surface area contributed by atoms with E-state index in [9.17, 15) is 4.79 Å². The molecule has 2 aromatic rings. The fourth-order valence-electron chi connectivity index (χ4n) is 2.32. The summed E-state index contributed by atoms with van der Waals surface area (Å²) in [6, 6.07) is 5.05. The van der Waals surface area contributed by atoms with E-state index in [1.54, 1.807) is 50.0 Å². The quantitative estimate of drug-likeness (QED) is 0.839. The molecule has 1 aromatic heterocycles. The lowest BCUT2D eigenvalue weighted by atomic mass is 10.0. The Kier molecular flexibility index (Phi) is 5.98. The summed E-state index contributed by atoms with van der Waals surface area (Å²) < 4.78 is 10.5. The standard InChI is InChI=1S/C17H22N2O3S/c1-11(2)9-13(17-18-7-8-23-17)19-16(20)12-5-6-14(21-3)15(10-12)22-4/h5-8,10-11,13H,9H2,1-4H3,(H,19,20). The van der Waals surface area contributed by atoms with E-state index in [0.717, 1.165) is 11.4 Å². The zero-order chi connectivity index (χ0) is 16.8. The first-order valence-electron chi connectivity index (χ1n) is 7.47. The van der Waals surface area contributed by atoms with Crippen molar-refractivity contribution in [3.05, 3.63) is 40.3 Å². The van der Waals surface area contributed by atoms with E-state index in [2.05, 4.69) is 24.1 Å². The average Bonchev–Trinajstić information content (AvgIpc) is 3.07. The molecule has 124 valence electrons. The molecule has 6 heteroatoms. The van der Waals surface area contributed by atoms with Crippen LogP contribution >= 0.6 is 11.3 Å². The Morgan fingerprint density at radius 3 is 2.57 bits per heavy atom. The van der Waals surface area contributed by atoms with E-state index >= 15 is 0 Å². The van der Waals surface area contributed by atoms with Gasteiger partial charge in [0, 0.05) is 17.1 Å². The molecular weight excluding hydrogens is 312 g/mol. The zero-order valence-electron chi connectivity index (χ0n) is 13.8. The van der Waals surface area contributed by atoms with E-state index in [1.165, 1.54) is 0 Å². The molecule has 0 spiro atoms. The lowest BCUT2D eigenvalue weighted by Gasteiger charge is -2.19. The molecule has 0 fully saturated rings. The Bertz CT molecular complexity index is 641. The van der Waals surface area contributed by atoms with Crippen molar-refractivity contribution in [2.24, 2.45) is 5.92 Å². The van der Waals surface area contributed by atoms with Gasteiger partial charge in [-0.15, -0.1) is 11.3 Å². The lowest BCUT2D eigenvalue weighted by Crippen LogP contribution is -2.29. The van der Waals surface area contributed by atoms with Crippen LogP contribution in [0.25, 0.3) is 0 Å². The molecule has 0 saturated heterocycles. The number of rotatable bonds is 7. The summed E-state index contributed by atoms with van der Waals surface area (Å²) in [5.74, 6) is 1.44. The maximum atomic E-state index is 12.6. The number of nitrogens with zero attached hydrogens (tertiary/aromatic N) is 1. The van der Waals surface area contributed by atoms with Crippen LogP contribution in [-0.4, -0.2) is 25.1 Å². The molecule has 1 amide bonds. The van der Waals surface area contributed by atoms with Crippen LogP contribution in [0.4, 0.5) is 0 Å². The van der Waals surface area contributed by atoms with Gasteiger partial charge in [-0.1, -0.05) is 13.8 Å². The highest BCUT2D eigenvalue weighted by molar-refractivity contribution is 7.09. The van der Waals surface area contributed by atoms with Gasteiger partial charge >= 0.3 is 0 Å². The topological polar surface area (TPSA) is 60.5 Å². The first kappa shape index (κ1) is 17.3. The van der Waals surface area contributed by atoms with Crippen LogP contribution in [0.5, 0.6) is 11.5 Å². The van der Waals surface area contributed by atoms with Crippen molar-refractivity contribution in [3.8, 4) is 11.5 Å². The fraction of sp³-hybridized carbons (Fsp3) is 0.412. The number of ether oxygens (including phenoxy) is 2. The summed E-state index contributed by atoms with van der Waals surface area (Å²) in [4.78, 5) is 16.9.